The van der Waals surface area contributed by atoms with Crippen molar-refractivity contribution in [1.82, 2.24) is 4.90 Å². The number of hydrogen-bond donors (Lipinski definition) is 0. The molecule has 2 heterocycles. The van der Waals surface area contributed by atoms with Crippen LogP contribution < -0.4 is 9.64 Å². The number of halogens is 3. The molecule has 2 aliphatic heterocycles. The van der Waals surface area contributed by atoms with Crippen molar-refractivity contribution in [3.05, 3.63) is 94.5 Å². The Morgan fingerprint density at radius 2 is 1.66 bits per heavy atom. The van der Waals surface area contributed by atoms with Gasteiger partial charge in [-0.2, -0.15) is 0 Å². The summed E-state index contributed by atoms with van der Waals surface area (Å²) < 4.78 is 41.2. The Hall–Kier alpha value is -3.48. The maximum Gasteiger partial charge on any atom is 0.573 e. The summed E-state index contributed by atoms with van der Waals surface area (Å²) in [4.78, 5) is 17.3. The third-order valence-electron chi connectivity index (χ3n) is 7.69. The van der Waals surface area contributed by atoms with E-state index in [1.54, 1.807) is 17.0 Å². The molecule has 0 N–H and O–H groups in total. The Morgan fingerprint density at radius 3 is 2.34 bits per heavy atom. The maximum absolute atomic E-state index is 13.1. The van der Waals surface area contributed by atoms with E-state index in [2.05, 4.69) is 52.1 Å². The number of carbonyl (C=O) groups is 1. The average molecular weight is 523 g/mol. The first-order chi connectivity index (χ1) is 18.2. The van der Waals surface area contributed by atoms with Crippen molar-refractivity contribution < 1.29 is 22.7 Å². The lowest BCUT2D eigenvalue weighted by Gasteiger charge is -2.34. The Labute approximate surface area is 222 Å². The molecule has 1 fully saturated rings. The van der Waals surface area contributed by atoms with E-state index >= 15 is 0 Å². The predicted molar refractivity (Wildman–Crippen MR) is 142 cm³/mol. The fourth-order valence-corrected chi connectivity index (χ4v) is 5.75. The van der Waals surface area contributed by atoms with Gasteiger partial charge in [-0.15, -0.1) is 13.2 Å². The second-order valence-corrected chi connectivity index (χ2v) is 10.5. The molecule has 7 heteroatoms. The highest BCUT2D eigenvalue weighted by Gasteiger charge is 2.32. The minimum Gasteiger partial charge on any atom is -0.406 e. The monoisotopic (exact) mass is 522 g/mol. The Kier molecular flexibility index (Phi) is 7.63. The normalized spacial score (nSPS) is 16.2. The van der Waals surface area contributed by atoms with Crippen molar-refractivity contribution in [3.8, 4) is 5.75 Å². The molecule has 0 aliphatic carbocycles. The number of alkyl halides is 3. The fraction of sp³-hybridized carbons (Fsp3) is 0.387. The van der Waals surface area contributed by atoms with Crippen molar-refractivity contribution in [2.45, 2.75) is 58.5 Å². The molecule has 0 aromatic heterocycles. The van der Waals surface area contributed by atoms with Crippen LogP contribution in [0.2, 0.25) is 0 Å². The minimum atomic E-state index is -4.72. The third-order valence-corrected chi connectivity index (χ3v) is 7.69. The van der Waals surface area contributed by atoms with Gasteiger partial charge in [0.05, 0.1) is 0 Å². The number of carbonyl (C=O) groups excluding carboxylic acids is 1. The summed E-state index contributed by atoms with van der Waals surface area (Å²) in [5.41, 5.74) is 6.09. The molecule has 2 aliphatic rings. The zero-order valence-corrected chi connectivity index (χ0v) is 21.6. The van der Waals surface area contributed by atoms with E-state index in [1.807, 2.05) is 6.92 Å². The van der Waals surface area contributed by atoms with Crippen molar-refractivity contribution >= 4 is 11.6 Å². The van der Waals surface area contributed by atoms with E-state index in [4.69, 9.17) is 0 Å². The summed E-state index contributed by atoms with van der Waals surface area (Å²) in [5, 5.41) is 0. The van der Waals surface area contributed by atoms with Crippen LogP contribution in [0.5, 0.6) is 5.75 Å². The molecule has 3 aromatic carbocycles. The number of amides is 1. The van der Waals surface area contributed by atoms with Gasteiger partial charge in [-0.3, -0.25) is 4.79 Å². The standard InChI is InChI=1S/C31H33F3N2O2/c1-22-18-27(35-16-14-24(15-17-35)9-5-8-23-6-3-2-4-7-23)19-26-21-36(30(37)29(22)26)20-25-10-12-28(13-11-25)38-31(32,33)34/h2-4,6-7,10-13,18-19,24H,5,8-9,14-17,20-21H2,1H3. The lowest BCUT2D eigenvalue weighted by atomic mass is 9.90. The summed E-state index contributed by atoms with van der Waals surface area (Å²) in [6.07, 6.45) is 1.28. The smallest absolute Gasteiger partial charge is 0.406 e. The summed E-state index contributed by atoms with van der Waals surface area (Å²) in [6.45, 7) is 4.88. The number of fused-ring (bicyclic) bond motifs is 1. The van der Waals surface area contributed by atoms with Gasteiger partial charge in [0.15, 0.2) is 0 Å². The number of nitrogens with zero attached hydrogens (tertiary/aromatic N) is 2. The molecule has 3 aromatic rings. The Bertz CT molecular complexity index is 1250. The molecule has 0 atom stereocenters. The number of piperidine rings is 1. The zero-order valence-electron chi connectivity index (χ0n) is 21.6. The Balaban J connectivity index is 1.16. The molecule has 200 valence electrons. The van der Waals surface area contributed by atoms with E-state index in [1.165, 1.54) is 49.1 Å². The first-order valence-electron chi connectivity index (χ1n) is 13.3. The molecule has 0 bridgehead atoms. The summed E-state index contributed by atoms with van der Waals surface area (Å²) >= 11 is 0. The highest BCUT2D eigenvalue weighted by molar-refractivity contribution is 6.00. The van der Waals surface area contributed by atoms with E-state index in [0.29, 0.717) is 13.1 Å². The Morgan fingerprint density at radius 1 is 0.947 bits per heavy atom. The first kappa shape index (κ1) is 26.1. The number of hydrogen-bond acceptors (Lipinski definition) is 3. The van der Waals surface area contributed by atoms with Gasteiger partial charge in [0, 0.05) is 37.4 Å². The topological polar surface area (TPSA) is 32.8 Å². The van der Waals surface area contributed by atoms with Gasteiger partial charge in [-0.05, 0) is 91.5 Å². The molecule has 0 unspecified atom stereocenters. The molecule has 1 saturated heterocycles. The van der Waals surface area contributed by atoms with Crippen LogP contribution in [-0.2, 0) is 19.5 Å². The highest BCUT2D eigenvalue weighted by Crippen LogP contribution is 2.34. The molecule has 0 spiro atoms. The number of rotatable bonds is 8. The highest BCUT2D eigenvalue weighted by atomic mass is 19.4. The molecule has 5 rings (SSSR count). The van der Waals surface area contributed by atoms with Gasteiger partial charge >= 0.3 is 6.36 Å². The van der Waals surface area contributed by atoms with Crippen LogP contribution in [0.4, 0.5) is 18.9 Å². The van der Waals surface area contributed by atoms with Gasteiger partial charge in [0.25, 0.3) is 5.91 Å². The SMILES string of the molecule is Cc1cc(N2CCC(CCCc3ccccc3)CC2)cc2c1C(=O)N(Cc1ccc(OC(F)(F)F)cc1)C2. The van der Waals surface area contributed by atoms with Crippen molar-refractivity contribution in [2.75, 3.05) is 18.0 Å². The van der Waals surface area contributed by atoms with E-state index < -0.39 is 6.36 Å². The number of ether oxygens (including phenoxy) is 1. The van der Waals surface area contributed by atoms with Crippen molar-refractivity contribution in [2.24, 2.45) is 5.92 Å². The van der Waals surface area contributed by atoms with E-state index in [0.717, 1.165) is 47.7 Å². The van der Waals surface area contributed by atoms with Crippen LogP contribution in [0.3, 0.4) is 0 Å². The first-order valence-corrected chi connectivity index (χ1v) is 13.3. The average Bonchev–Trinajstić information content (AvgIpc) is 3.20. The van der Waals surface area contributed by atoms with Crippen LogP contribution >= 0.6 is 0 Å². The van der Waals surface area contributed by atoms with Crippen LogP contribution in [-0.4, -0.2) is 30.3 Å². The summed E-state index contributed by atoms with van der Waals surface area (Å²) in [7, 11) is 0. The number of aryl methyl sites for hydroxylation is 2. The summed E-state index contributed by atoms with van der Waals surface area (Å²) in [5.74, 6) is 0.463. The molecule has 1 amide bonds. The second kappa shape index (κ2) is 11.1. The largest absolute Gasteiger partial charge is 0.573 e. The van der Waals surface area contributed by atoms with Crippen LogP contribution in [0.1, 0.15) is 58.3 Å². The quantitative estimate of drug-likeness (QED) is 0.311. The lowest BCUT2D eigenvalue weighted by Crippen LogP contribution is -2.33. The van der Waals surface area contributed by atoms with Gasteiger partial charge in [-0.1, -0.05) is 42.5 Å². The molecule has 0 saturated carbocycles. The van der Waals surface area contributed by atoms with E-state index in [9.17, 15) is 18.0 Å². The van der Waals surface area contributed by atoms with Crippen LogP contribution in [0.25, 0.3) is 0 Å². The predicted octanol–water partition coefficient (Wildman–Crippen LogP) is 7.29. The number of anilines is 1. The van der Waals surface area contributed by atoms with Crippen LogP contribution in [0, 0.1) is 12.8 Å². The molecule has 4 nitrogen and oxygen atoms in total. The van der Waals surface area contributed by atoms with Gasteiger partial charge in [-0.25, -0.2) is 0 Å². The summed E-state index contributed by atoms with van der Waals surface area (Å²) in [6, 6.07) is 20.7. The minimum absolute atomic E-state index is 0.0307. The van der Waals surface area contributed by atoms with E-state index in [-0.39, 0.29) is 11.7 Å². The second-order valence-electron chi connectivity index (χ2n) is 10.5. The van der Waals surface area contributed by atoms with Gasteiger partial charge in [0.1, 0.15) is 5.75 Å². The third kappa shape index (κ3) is 6.32. The number of benzene rings is 3. The maximum atomic E-state index is 13.1. The van der Waals surface area contributed by atoms with Gasteiger partial charge in [0.2, 0.25) is 0 Å². The zero-order chi connectivity index (χ0) is 26.7. The fourth-order valence-electron chi connectivity index (χ4n) is 5.75. The molecular formula is C31H33F3N2O2. The molecule has 38 heavy (non-hydrogen) atoms. The lowest BCUT2D eigenvalue weighted by molar-refractivity contribution is -0.274. The molecule has 0 radical (unpaired) electrons. The van der Waals surface area contributed by atoms with Crippen molar-refractivity contribution in [1.29, 1.82) is 0 Å². The van der Waals surface area contributed by atoms with Gasteiger partial charge < -0.3 is 14.5 Å². The van der Waals surface area contributed by atoms with Crippen LogP contribution in [0.15, 0.2) is 66.7 Å². The van der Waals surface area contributed by atoms with Crippen molar-refractivity contribution in [3.63, 3.8) is 0 Å². The molecular weight excluding hydrogens is 489 g/mol.